The molecular weight excluding hydrogens is 318 g/mol. The molecule has 1 aliphatic carbocycles. The van der Waals surface area contributed by atoms with E-state index in [0.29, 0.717) is 28.8 Å². The molecule has 0 saturated heterocycles. The molecule has 0 bridgehead atoms. The minimum atomic E-state index is -0.317. The summed E-state index contributed by atoms with van der Waals surface area (Å²) in [6, 6.07) is 1.90. The van der Waals surface area contributed by atoms with Gasteiger partial charge in [0.25, 0.3) is 5.56 Å². The van der Waals surface area contributed by atoms with E-state index in [9.17, 15) is 9.59 Å². The molecule has 2 heterocycles. The van der Waals surface area contributed by atoms with Gasteiger partial charge in [0.1, 0.15) is 0 Å². The number of carbonyl (C=O) groups excluding carboxylic acids is 1. The van der Waals surface area contributed by atoms with Crippen LogP contribution < -0.4 is 10.9 Å². The van der Waals surface area contributed by atoms with Gasteiger partial charge in [0.15, 0.2) is 11.6 Å². The summed E-state index contributed by atoms with van der Waals surface area (Å²) in [6.45, 7) is 3.94. The minimum absolute atomic E-state index is 0.0367. The summed E-state index contributed by atoms with van der Waals surface area (Å²) in [4.78, 5) is 39.9. The zero-order valence-corrected chi connectivity index (χ0v) is 14.6. The first-order chi connectivity index (χ1) is 12.0. The number of hydrogen-bond acceptors (Lipinski definition) is 5. The van der Waals surface area contributed by atoms with Gasteiger partial charge in [0.2, 0.25) is 5.91 Å². The summed E-state index contributed by atoms with van der Waals surface area (Å²) in [6.07, 6.45) is 7.58. The van der Waals surface area contributed by atoms with Crippen molar-refractivity contribution >= 4 is 5.91 Å². The van der Waals surface area contributed by atoms with Crippen LogP contribution in [0.1, 0.15) is 43.9 Å². The number of hydrogen-bond donors (Lipinski definition) is 2. The van der Waals surface area contributed by atoms with E-state index >= 15 is 0 Å². The average Bonchev–Trinajstić information content (AvgIpc) is 2.59. The third kappa shape index (κ3) is 4.29. The van der Waals surface area contributed by atoms with E-state index in [0.717, 1.165) is 19.3 Å². The van der Waals surface area contributed by atoms with E-state index in [1.165, 1.54) is 6.42 Å². The molecule has 2 atom stereocenters. The van der Waals surface area contributed by atoms with E-state index in [2.05, 4.69) is 32.2 Å². The number of rotatable bonds is 4. The van der Waals surface area contributed by atoms with Gasteiger partial charge in [-0.25, -0.2) is 15.0 Å². The number of carbonyl (C=O) groups is 1. The Balaban J connectivity index is 1.72. The van der Waals surface area contributed by atoms with Crippen LogP contribution in [-0.2, 0) is 11.2 Å². The summed E-state index contributed by atoms with van der Waals surface area (Å²) in [7, 11) is 0. The first-order valence-electron chi connectivity index (χ1n) is 8.69. The molecule has 7 heteroatoms. The maximum Gasteiger partial charge on any atom is 0.255 e. The number of aryl methyl sites for hydroxylation is 1. The monoisotopic (exact) mass is 341 g/mol. The minimum Gasteiger partial charge on any atom is -0.353 e. The van der Waals surface area contributed by atoms with Crippen LogP contribution in [0, 0.1) is 12.8 Å². The highest BCUT2D eigenvalue weighted by Gasteiger charge is 2.21. The SMILES string of the molecule is Cc1nc(-c2ncccn2)[nH]c(=O)c1CC(=O)NC1CCCC(C)C1. The highest BCUT2D eigenvalue weighted by Crippen LogP contribution is 2.23. The molecule has 25 heavy (non-hydrogen) atoms. The Labute approximate surface area is 146 Å². The number of nitrogens with zero attached hydrogens (tertiary/aromatic N) is 3. The van der Waals surface area contributed by atoms with Gasteiger partial charge in [-0.3, -0.25) is 9.59 Å². The van der Waals surface area contributed by atoms with Gasteiger partial charge in [-0.1, -0.05) is 19.8 Å². The summed E-state index contributed by atoms with van der Waals surface area (Å²) in [5.41, 5.74) is 0.599. The van der Waals surface area contributed by atoms with Gasteiger partial charge in [-0.05, 0) is 31.7 Å². The van der Waals surface area contributed by atoms with Crippen LogP contribution in [0.5, 0.6) is 0 Å². The Morgan fingerprint density at radius 3 is 2.76 bits per heavy atom. The number of aromatic amines is 1. The van der Waals surface area contributed by atoms with Crippen molar-refractivity contribution in [1.29, 1.82) is 0 Å². The third-order valence-corrected chi connectivity index (χ3v) is 4.64. The molecule has 2 unspecified atom stereocenters. The molecule has 3 rings (SSSR count). The van der Waals surface area contributed by atoms with Crippen LogP contribution in [0.25, 0.3) is 11.6 Å². The highest BCUT2D eigenvalue weighted by atomic mass is 16.2. The lowest BCUT2D eigenvalue weighted by Gasteiger charge is -2.27. The van der Waals surface area contributed by atoms with Crippen molar-refractivity contribution < 1.29 is 4.79 Å². The van der Waals surface area contributed by atoms with Crippen LogP contribution in [0.2, 0.25) is 0 Å². The fraction of sp³-hybridized carbons (Fsp3) is 0.500. The summed E-state index contributed by atoms with van der Waals surface area (Å²) >= 11 is 0. The second kappa shape index (κ2) is 7.55. The van der Waals surface area contributed by atoms with Crippen LogP contribution in [-0.4, -0.2) is 31.9 Å². The zero-order chi connectivity index (χ0) is 17.8. The van der Waals surface area contributed by atoms with Gasteiger partial charge < -0.3 is 10.3 Å². The van der Waals surface area contributed by atoms with E-state index in [1.807, 2.05) is 0 Å². The second-order valence-electron chi connectivity index (χ2n) is 6.76. The molecule has 2 N–H and O–H groups in total. The van der Waals surface area contributed by atoms with Gasteiger partial charge in [0.05, 0.1) is 6.42 Å². The Kier molecular flexibility index (Phi) is 5.21. The average molecular weight is 341 g/mol. The van der Waals surface area contributed by atoms with Crippen molar-refractivity contribution in [2.75, 3.05) is 0 Å². The second-order valence-corrected chi connectivity index (χ2v) is 6.76. The van der Waals surface area contributed by atoms with Gasteiger partial charge in [0, 0.05) is 29.7 Å². The normalized spacial score (nSPS) is 20.2. The van der Waals surface area contributed by atoms with E-state index in [-0.39, 0.29) is 23.9 Å². The van der Waals surface area contributed by atoms with Crippen LogP contribution in [0.4, 0.5) is 0 Å². The van der Waals surface area contributed by atoms with E-state index < -0.39 is 0 Å². The molecule has 0 radical (unpaired) electrons. The van der Waals surface area contributed by atoms with Gasteiger partial charge in [-0.15, -0.1) is 0 Å². The third-order valence-electron chi connectivity index (χ3n) is 4.64. The number of nitrogens with one attached hydrogen (secondary N) is 2. The van der Waals surface area contributed by atoms with Crippen LogP contribution in [0.3, 0.4) is 0 Å². The topological polar surface area (TPSA) is 101 Å². The maximum absolute atomic E-state index is 12.4. The molecule has 0 aromatic carbocycles. The predicted molar refractivity (Wildman–Crippen MR) is 93.9 cm³/mol. The summed E-state index contributed by atoms with van der Waals surface area (Å²) in [5, 5.41) is 3.05. The Morgan fingerprint density at radius 2 is 2.08 bits per heavy atom. The molecule has 0 aliphatic heterocycles. The maximum atomic E-state index is 12.4. The standard InChI is InChI=1S/C18H23N5O2/c1-11-5-3-6-13(9-11)22-15(24)10-14-12(2)21-17(23-18(14)25)16-19-7-4-8-20-16/h4,7-8,11,13H,3,5-6,9-10H2,1-2H3,(H,22,24)(H,21,23,25). The molecule has 1 aliphatic rings. The fourth-order valence-electron chi connectivity index (χ4n) is 3.35. The summed E-state index contributed by atoms with van der Waals surface area (Å²) < 4.78 is 0. The summed E-state index contributed by atoms with van der Waals surface area (Å²) in [5.74, 6) is 1.18. The van der Waals surface area contributed by atoms with Crippen molar-refractivity contribution in [3.8, 4) is 11.6 Å². The molecular formula is C18H23N5O2. The Hall–Kier alpha value is -2.57. The Morgan fingerprint density at radius 1 is 1.32 bits per heavy atom. The lowest BCUT2D eigenvalue weighted by molar-refractivity contribution is -0.121. The van der Waals surface area contributed by atoms with E-state index in [4.69, 9.17) is 0 Å². The predicted octanol–water partition coefficient (Wildman–Crippen LogP) is 1.77. The first-order valence-corrected chi connectivity index (χ1v) is 8.69. The molecule has 2 aromatic heterocycles. The molecule has 1 fully saturated rings. The molecule has 1 amide bonds. The first kappa shape index (κ1) is 17.3. The van der Waals surface area contributed by atoms with Crippen LogP contribution >= 0.6 is 0 Å². The molecule has 0 spiro atoms. The smallest absolute Gasteiger partial charge is 0.255 e. The largest absolute Gasteiger partial charge is 0.353 e. The van der Waals surface area contributed by atoms with Gasteiger partial charge in [-0.2, -0.15) is 0 Å². The zero-order valence-electron chi connectivity index (χ0n) is 14.6. The van der Waals surface area contributed by atoms with Crippen LogP contribution in [0.15, 0.2) is 23.3 Å². The number of aromatic nitrogens is 4. The molecule has 1 saturated carbocycles. The van der Waals surface area contributed by atoms with Crippen molar-refractivity contribution in [3.05, 3.63) is 40.1 Å². The quantitative estimate of drug-likeness (QED) is 0.883. The van der Waals surface area contributed by atoms with Crippen molar-refractivity contribution in [2.24, 2.45) is 5.92 Å². The van der Waals surface area contributed by atoms with Crippen molar-refractivity contribution in [1.82, 2.24) is 25.3 Å². The van der Waals surface area contributed by atoms with Crippen molar-refractivity contribution in [3.63, 3.8) is 0 Å². The van der Waals surface area contributed by atoms with Crippen molar-refractivity contribution in [2.45, 2.75) is 52.0 Å². The Bertz CT molecular complexity index is 803. The molecule has 2 aromatic rings. The van der Waals surface area contributed by atoms with Gasteiger partial charge >= 0.3 is 0 Å². The lowest BCUT2D eigenvalue weighted by Crippen LogP contribution is -2.39. The highest BCUT2D eigenvalue weighted by molar-refractivity contribution is 5.79. The lowest BCUT2D eigenvalue weighted by atomic mass is 9.87. The molecule has 132 valence electrons. The number of amides is 1. The molecule has 7 nitrogen and oxygen atoms in total. The fourth-order valence-corrected chi connectivity index (χ4v) is 3.35. The number of H-pyrrole nitrogens is 1. The van der Waals surface area contributed by atoms with E-state index in [1.54, 1.807) is 25.4 Å².